The Hall–Kier alpha value is -0.0126. The molecule has 0 aliphatic rings. The molecule has 0 atom stereocenters. The summed E-state index contributed by atoms with van der Waals surface area (Å²) in [5.41, 5.74) is 0. The number of hydrogen-bond donors (Lipinski definition) is 0. The van der Waals surface area contributed by atoms with Crippen LogP contribution in [0.25, 0.3) is 0 Å². The number of carboxylic acids is 1. The van der Waals surface area contributed by atoms with Crippen molar-refractivity contribution in [1.29, 1.82) is 0 Å². The quantitative estimate of drug-likeness (QED) is 0.293. The Morgan fingerprint density at radius 3 is 2.00 bits per heavy atom. The molecule has 0 amide bonds. The van der Waals surface area contributed by atoms with E-state index in [9.17, 15) is 9.90 Å². The Bertz CT molecular complexity index is 91.6. The molecule has 0 spiro atoms. The topological polar surface area (TPSA) is 58.6 Å². The van der Waals surface area contributed by atoms with Gasteiger partial charge >= 0.3 is 18.9 Å². The summed E-state index contributed by atoms with van der Waals surface area (Å²) in [6.07, 6.45) is -0.914. The number of carbonyl (C=O) groups excluding carboxylic acids is 1. The molecule has 0 aromatic carbocycles. The Morgan fingerprint density at radius 1 is 1.50 bits per heavy atom. The first-order chi connectivity index (χ1) is 4.20. The van der Waals surface area contributed by atoms with E-state index >= 15 is 0 Å². The van der Waals surface area contributed by atoms with Crippen LogP contribution >= 0.6 is 0 Å². The molecule has 0 radical (unpaired) electrons. The minimum atomic E-state index is -1.18. The maximum atomic E-state index is 9.86. The van der Waals surface area contributed by atoms with Crippen molar-refractivity contribution in [2.75, 3.05) is 14.2 Å². The van der Waals surface area contributed by atoms with E-state index in [0.29, 0.717) is 0 Å². The summed E-state index contributed by atoms with van der Waals surface area (Å²) in [6, 6.07) is 0. The first-order valence-corrected chi connectivity index (χ1v) is 2.46. The molecule has 0 fully saturated rings. The molecule has 0 rings (SSSR count). The molecule has 0 aromatic rings. The summed E-state index contributed by atoms with van der Waals surface area (Å²) in [5.74, 6) is -1.18. The normalized spacial score (nSPS) is 9.10. The van der Waals surface area contributed by atoms with E-state index in [2.05, 4.69) is 9.47 Å². The summed E-state index contributed by atoms with van der Waals surface area (Å²) in [7, 11) is 2.74. The van der Waals surface area contributed by atoms with Gasteiger partial charge in [0.25, 0.3) is 0 Å². The van der Waals surface area contributed by atoms with Crippen LogP contribution in [0, 0.1) is 0 Å². The smallest absolute Gasteiger partial charge is 0.550 e. The fourth-order valence-corrected chi connectivity index (χ4v) is 0.399. The number of methoxy groups -OCH3 is 2. The second-order valence-electron chi connectivity index (χ2n) is 1.48. The second-order valence-corrected chi connectivity index (χ2v) is 1.48. The molecular weight excluding hydrogens is 131 g/mol. The predicted molar refractivity (Wildman–Crippen MR) is 27.4 cm³/mol. The van der Waals surface area contributed by atoms with E-state index in [0.717, 1.165) is 0 Å². The van der Waals surface area contributed by atoms with Gasteiger partial charge in [0.15, 0.2) is 6.29 Å². The van der Waals surface area contributed by atoms with E-state index < -0.39 is 12.3 Å². The van der Waals surface area contributed by atoms with E-state index in [4.69, 9.17) is 0 Å². The Morgan fingerprint density at radius 2 is 1.90 bits per heavy atom. The molecule has 0 saturated heterocycles. The van der Waals surface area contributed by atoms with Gasteiger partial charge in [0.2, 0.25) is 0 Å². The van der Waals surface area contributed by atoms with Crippen molar-refractivity contribution in [1.82, 2.24) is 0 Å². The van der Waals surface area contributed by atoms with Crippen molar-refractivity contribution in [2.24, 2.45) is 0 Å². The minimum absolute atomic E-state index is 0. The Labute approximate surface area is 71.7 Å². The number of carboxylic acid groups (broad SMARTS) is 1. The number of ether oxygens (including phenoxy) is 2. The van der Waals surface area contributed by atoms with Gasteiger partial charge in [-0.05, 0) is 0 Å². The molecule has 0 aliphatic heterocycles. The SMILES string of the molecule is COC(CC(=O)[O-])OC.[Li+]. The fourth-order valence-electron chi connectivity index (χ4n) is 0.399. The number of aliphatic carboxylic acids is 1. The zero-order valence-electron chi connectivity index (χ0n) is 6.42. The average Bonchev–Trinajstić information content (AvgIpc) is 1.82. The summed E-state index contributed by atoms with van der Waals surface area (Å²) in [4.78, 5) is 9.86. The maximum Gasteiger partial charge on any atom is 1.00 e. The van der Waals surface area contributed by atoms with E-state index in [1.807, 2.05) is 0 Å². The monoisotopic (exact) mass is 140 g/mol. The van der Waals surface area contributed by atoms with Crippen LogP contribution in [0.5, 0.6) is 0 Å². The van der Waals surface area contributed by atoms with Crippen LogP contribution in [0.2, 0.25) is 0 Å². The van der Waals surface area contributed by atoms with Gasteiger partial charge in [-0.1, -0.05) is 0 Å². The predicted octanol–water partition coefficient (Wildman–Crippen LogP) is -4.25. The molecule has 54 valence electrons. The molecule has 0 bridgehead atoms. The van der Waals surface area contributed by atoms with Gasteiger partial charge < -0.3 is 19.4 Å². The van der Waals surface area contributed by atoms with Crippen LogP contribution in [0.1, 0.15) is 6.42 Å². The summed E-state index contributed by atoms with van der Waals surface area (Å²) in [5, 5.41) is 9.86. The summed E-state index contributed by atoms with van der Waals surface area (Å²) < 4.78 is 9.13. The molecule has 0 aromatic heterocycles. The third-order valence-corrected chi connectivity index (χ3v) is 0.859. The van der Waals surface area contributed by atoms with Crippen molar-refractivity contribution < 1.29 is 38.2 Å². The van der Waals surface area contributed by atoms with Gasteiger partial charge in [0, 0.05) is 26.6 Å². The number of hydrogen-bond acceptors (Lipinski definition) is 4. The van der Waals surface area contributed by atoms with Gasteiger partial charge in [-0.15, -0.1) is 0 Å². The van der Waals surface area contributed by atoms with Crippen molar-refractivity contribution in [3.05, 3.63) is 0 Å². The zero-order chi connectivity index (χ0) is 7.28. The average molecular weight is 140 g/mol. The fraction of sp³-hybridized carbons (Fsp3) is 0.800. The molecule has 0 heterocycles. The van der Waals surface area contributed by atoms with Crippen molar-refractivity contribution in [3.63, 3.8) is 0 Å². The van der Waals surface area contributed by atoms with Crippen LogP contribution in [0.4, 0.5) is 0 Å². The van der Waals surface area contributed by atoms with Crippen LogP contribution in [0.3, 0.4) is 0 Å². The minimum Gasteiger partial charge on any atom is -0.550 e. The van der Waals surface area contributed by atoms with E-state index in [1.54, 1.807) is 0 Å². The Kier molecular flexibility index (Phi) is 8.98. The standard InChI is InChI=1S/C5H10O4.Li/c1-8-5(9-2)3-4(6)7;/h5H,3H2,1-2H3,(H,6,7);/q;+1/p-1. The third kappa shape index (κ3) is 6.11. The van der Waals surface area contributed by atoms with Crippen LogP contribution in [-0.4, -0.2) is 26.5 Å². The van der Waals surface area contributed by atoms with E-state index in [1.165, 1.54) is 14.2 Å². The molecular formula is C5H9LiO4. The van der Waals surface area contributed by atoms with Crippen molar-refractivity contribution >= 4 is 5.97 Å². The molecule has 0 aliphatic carbocycles. The molecule has 0 saturated carbocycles. The van der Waals surface area contributed by atoms with Crippen molar-refractivity contribution in [2.45, 2.75) is 12.7 Å². The van der Waals surface area contributed by atoms with Crippen molar-refractivity contribution in [3.8, 4) is 0 Å². The first-order valence-electron chi connectivity index (χ1n) is 2.46. The largest absolute Gasteiger partial charge is 1.00 e. The second kappa shape index (κ2) is 7.10. The van der Waals surface area contributed by atoms with Crippen LogP contribution in [-0.2, 0) is 14.3 Å². The molecule has 0 N–H and O–H groups in total. The van der Waals surface area contributed by atoms with Gasteiger partial charge in [-0.25, -0.2) is 0 Å². The molecule has 10 heavy (non-hydrogen) atoms. The van der Waals surface area contributed by atoms with E-state index in [-0.39, 0.29) is 25.3 Å². The summed E-state index contributed by atoms with van der Waals surface area (Å²) >= 11 is 0. The summed E-state index contributed by atoms with van der Waals surface area (Å²) in [6.45, 7) is 0. The number of rotatable bonds is 4. The molecule has 0 unspecified atom stereocenters. The van der Waals surface area contributed by atoms with Gasteiger partial charge in [-0.2, -0.15) is 0 Å². The van der Waals surface area contributed by atoms with Gasteiger partial charge in [0.05, 0.1) is 0 Å². The third-order valence-electron chi connectivity index (χ3n) is 0.859. The van der Waals surface area contributed by atoms with Crippen LogP contribution < -0.4 is 24.0 Å². The van der Waals surface area contributed by atoms with Crippen LogP contribution in [0.15, 0.2) is 0 Å². The molecule has 4 nitrogen and oxygen atoms in total. The van der Waals surface area contributed by atoms with Gasteiger partial charge in [-0.3, -0.25) is 0 Å². The maximum absolute atomic E-state index is 9.86. The number of carbonyl (C=O) groups is 1. The molecule has 5 heteroatoms. The Balaban J connectivity index is 0. The first kappa shape index (κ1) is 12.6. The van der Waals surface area contributed by atoms with Gasteiger partial charge in [0.1, 0.15) is 0 Å². The zero-order valence-corrected chi connectivity index (χ0v) is 6.42.